The molecular weight excluding hydrogens is 500 g/mol. The number of rotatable bonds is 17. The Kier molecular flexibility index (Phi) is 13.2. The van der Waals surface area contributed by atoms with Gasteiger partial charge in [0, 0.05) is 19.4 Å². The zero-order valence-corrected chi connectivity index (χ0v) is 24.4. The topological polar surface area (TPSA) is 71.1 Å². The molecule has 0 fully saturated rings. The zero-order chi connectivity index (χ0) is 28.1. The van der Waals surface area contributed by atoms with Gasteiger partial charge in [0.1, 0.15) is 12.5 Å². The predicted octanol–water partition coefficient (Wildman–Crippen LogP) is 6.47. The van der Waals surface area contributed by atoms with Crippen LogP contribution < -0.4 is 4.74 Å². The quantitative estimate of drug-likeness (QED) is 0.168. The Morgan fingerprint density at radius 1 is 0.947 bits per heavy atom. The lowest BCUT2D eigenvalue weighted by atomic mass is 9.82. The van der Waals surface area contributed by atoms with Crippen molar-refractivity contribution in [2.75, 3.05) is 26.8 Å². The summed E-state index contributed by atoms with van der Waals surface area (Å²) < 4.78 is 48.6. The number of methoxy groups -OCH3 is 2. The molecule has 0 bridgehead atoms. The molecule has 0 unspecified atom stereocenters. The van der Waals surface area contributed by atoms with Crippen molar-refractivity contribution in [1.82, 2.24) is 0 Å². The number of ether oxygens (including phenoxy) is 4. The number of hydrogen-bond donors (Lipinski definition) is 0. The lowest BCUT2D eigenvalue weighted by Gasteiger charge is -2.33. The van der Waals surface area contributed by atoms with E-state index in [2.05, 4.69) is 27.4 Å². The Labute approximate surface area is 229 Å². The normalized spacial score (nSPS) is 16.3. The van der Waals surface area contributed by atoms with E-state index in [-0.39, 0.29) is 42.5 Å². The Morgan fingerprint density at radius 3 is 2.18 bits per heavy atom. The second-order valence-corrected chi connectivity index (χ2v) is 11.9. The second kappa shape index (κ2) is 15.8. The smallest absolute Gasteiger partial charge is 0.181 e. The summed E-state index contributed by atoms with van der Waals surface area (Å²) >= 11 is 0. The van der Waals surface area contributed by atoms with Crippen molar-refractivity contribution in [3.63, 3.8) is 0 Å². The molecule has 0 aliphatic carbocycles. The van der Waals surface area contributed by atoms with Gasteiger partial charge in [0.05, 0.1) is 36.6 Å². The monoisotopic (exact) mass is 544 g/mol. The third kappa shape index (κ3) is 9.70. The number of allylic oxidation sites excluding steroid dienone is 1. The summed E-state index contributed by atoms with van der Waals surface area (Å²) in [4.78, 5) is 0.335. The molecule has 0 aliphatic rings. The maximum Gasteiger partial charge on any atom is 0.181 e. The largest absolute Gasteiger partial charge is 0.497 e. The first kappa shape index (κ1) is 31.8. The van der Waals surface area contributed by atoms with E-state index in [4.69, 9.17) is 18.9 Å². The Balaban J connectivity index is 2.22. The van der Waals surface area contributed by atoms with Crippen molar-refractivity contribution in [3.8, 4) is 5.75 Å². The summed E-state index contributed by atoms with van der Waals surface area (Å²) in [5, 5.41) is 0. The van der Waals surface area contributed by atoms with Gasteiger partial charge in [0.25, 0.3) is 0 Å². The van der Waals surface area contributed by atoms with Crippen LogP contribution >= 0.6 is 0 Å². The highest BCUT2D eigenvalue weighted by atomic mass is 32.2. The molecule has 0 aliphatic heterocycles. The summed E-state index contributed by atoms with van der Waals surface area (Å²) in [6.45, 7) is 12.9. The molecule has 0 saturated heterocycles. The second-order valence-electron chi connectivity index (χ2n) is 9.83. The maximum absolute atomic E-state index is 12.8. The molecule has 0 saturated carbocycles. The van der Waals surface area contributed by atoms with Crippen LogP contribution in [0.1, 0.15) is 39.7 Å². The van der Waals surface area contributed by atoms with Gasteiger partial charge < -0.3 is 18.9 Å². The molecule has 5 atom stereocenters. The van der Waals surface area contributed by atoms with Gasteiger partial charge in [-0.25, -0.2) is 8.42 Å². The van der Waals surface area contributed by atoms with Crippen LogP contribution in [0, 0.1) is 17.8 Å². The van der Waals surface area contributed by atoms with E-state index in [1.807, 2.05) is 49.4 Å². The standard InChI is InChI=1S/C31H44O6S/c1-8-23(2)30(37-22-34-6)20-31(36-21-27-14-16-28(35-7)17-15-27)26(5)25(4)24(3)18-19-38(32,33)29-12-10-9-11-13-29/h8-18,23,25-26,30-31H,1,19-22H2,2-7H3/b24-18+/t23-,25-,26+,30-,31-/m0/s1. The molecule has 0 aromatic heterocycles. The van der Waals surface area contributed by atoms with Crippen molar-refractivity contribution in [2.24, 2.45) is 17.8 Å². The number of hydrogen-bond acceptors (Lipinski definition) is 6. The summed E-state index contributed by atoms with van der Waals surface area (Å²) in [6, 6.07) is 16.4. The van der Waals surface area contributed by atoms with Crippen LogP contribution in [-0.2, 0) is 30.7 Å². The number of benzene rings is 2. The summed E-state index contributed by atoms with van der Waals surface area (Å²) in [6.07, 6.45) is 4.08. The Hall–Kier alpha value is -2.45. The van der Waals surface area contributed by atoms with Gasteiger partial charge in [-0.15, -0.1) is 6.58 Å². The Bertz CT molecular complexity index is 1090. The fourth-order valence-corrected chi connectivity index (χ4v) is 5.46. The van der Waals surface area contributed by atoms with E-state index in [0.29, 0.717) is 17.9 Å². The van der Waals surface area contributed by atoms with Crippen LogP contribution in [-0.4, -0.2) is 47.4 Å². The average molecular weight is 545 g/mol. The van der Waals surface area contributed by atoms with Crippen molar-refractivity contribution in [3.05, 3.63) is 84.5 Å². The van der Waals surface area contributed by atoms with Gasteiger partial charge in [0.15, 0.2) is 9.84 Å². The lowest BCUT2D eigenvalue weighted by molar-refractivity contribution is -0.112. The molecule has 2 aromatic rings. The van der Waals surface area contributed by atoms with Crippen LogP contribution in [0.2, 0.25) is 0 Å². The minimum atomic E-state index is -3.39. The van der Waals surface area contributed by atoms with Crippen LogP contribution in [0.4, 0.5) is 0 Å². The van der Waals surface area contributed by atoms with Crippen molar-refractivity contribution in [1.29, 1.82) is 0 Å². The molecule has 2 rings (SSSR count). The molecule has 6 nitrogen and oxygen atoms in total. The van der Waals surface area contributed by atoms with Gasteiger partial charge >= 0.3 is 0 Å². The SMILES string of the molecule is C=C[C@H](C)[C@H](C[C@H](OCc1ccc(OC)cc1)[C@H](C)[C@@H](C)/C(C)=C/CS(=O)(=O)c1ccccc1)OCOC. The highest BCUT2D eigenvalue weighted by molar-refractivity contribution is 7.91. The minimum absolute atomic E-state index is 0.0373. The third-order valence-electron chi connectivity index (χ3n) is 7.27. The highest BCUT2D eigenvalue weighted by Crippen LogP contribution is 2.30. The van der Waals surface area contributed by atoms with Gasteiger partial charge in [-0.3, -0.25) is 0 Å². The van der Waals surface area contributed by atoms with E-state index in [9.17, 15) is 8.42 Å². The van der Waals surface area contributed by atoms with Gasteiger partial charge in [-0.2, -0.15) is 0 Å². The van der Waals surface area contributed by atoms with E-state index in [1.165, 1.54) is 0 Å². The fourth-order valence-electron chi connectivity index (χ4n) is 4.22. The first-order chi connectivity index (χ1) is 18.1. The molecule has 38 heavy (non-hydrogen) atoms. The van der Waals surface area contributed by atoms with Crippen LogP contribution in [0.3, 0.4) is 0 Å². The van der Waals surface area contributed by atoms with Crippen molar-refractivity contribution < 1.29 is 27.4 Å². The summed E-state index contributed by atoms with van der Waals surface area (Å²) in [7, 11) is -0.141. The summed E-state index contributed by atoms with van der Waals surface area (Å²) in [5.74, 6) is 1.04. The molecule has 0 amide bonds. The van der Waals surface area contributed by atoms with E-state index >= 15 is 0 Å². The molecule has 0 N–H and O–H groups in total. The average Bonchev–Trinajstić information content (AvgIpc) is 2.95. The van der Waals surface area contributed by atoms with Crippen LogP contribution in [0.5, 0.6) is 5.75 Å². The highest BCUT2D eigenvalue weighted by Gasteiger charge is 2.30. The Morgan fingerprint density at radius 2 is 1.61 bits per heavy atom. The minimum Gasteiger partial charge on any atom is -0.497 e. The van der Waals surface area contributed by atoms with Crippen molar-refractivity contribution in [2.45, 2.75) is 57.8 Å². The molecule has 2 aromatic carbocycles. The fraction of sp³-hybridized carbons (Fsp3) is 0.484. The molecular formula is C31H44O6S. The molecule has 0 spiro atoms. The summed E-state index contributed by atoms with van der Waals surface area (Å²) in [5.41, 5.74) is 2.06. The first-order valence-electron chi connectivity index (χ1n) is 13.0. The van der Waals surface area contributed by atoms with E-state index in [1.54, 1.807) is 38.5 Å². The predicted molar refractivity (Wildman–Crippen MR) is 153 cm³/mol. The van der Waals surface area contributed by atoms with E-state index in [0.717, 1.165) is 16.9 Å². The van der Waals surface area contributed by atoms with Gasteiger partial charge in [0.2, 0.25) is 0 Å². The first-order valence-corrected chi connectivity index (χ1v) is 14.7. The van der Waals surface area contributed by atoms with E-state index < -0.39 is 9.84 Å². The van der Waals surface area contributed by atoms with Gasteiger partial charge in [-0.1, -0.05) is 68.8 Å². The van der Waals surface area contributed by atoms with Gasteiger partial charge in [-0.05, 0) is 48.6 Å². The van der Waals surface area contributed by atoms with Crippen LogP contribution in [0.15, 0.2) is 83.8 Å². The lowest BCUT2D eigenvalue weighted by Crippen LogP contribution is -2.35. The van der Waals surface area contributed by atoms with Crippen LogP contribution in [0.25, 0.3) is 0 Å². The molecule has 7 heteroatoms. The third-order valence-corrected chi connectivity index (χ3v) is 8.86. The number of sulfone groups is 1. The molecule has 0 heterocycles. The molecule has 0 radical (unpaired) electrons. The zero-order valence-electron chi connectivity index (χ0n) is 23.6. The molecule has 210 valence electrons. The maximum atomic E-state index is 12.8. The van der Waals surface area contributed by atoms with Crippen molar-refractivity contribution >= 4 is 9.84 Å².